The molecule has 20 heavy (non-hydrogen) atoms. The lowest BCUT2D eigenvalue weighted by Crippen LogP contribution is -2.06. The van der Waals surface area contributed by atoms with Gasteiger partial charge in [0.05, 0.1) is 11.6 Å². The Morgan fingerprint density at radius 3 is 3.15 bits per heavy atom. The highest BCUT2D eigenvalue weighted by Gasteiger charge is 2.15. The second-order valence-electron chi connectivity index (χ2n) is 5.36. The van der Waals surface area contributed by atoms with Gasteiger partial charge in [0, 0.05) is 30.2 Å². The van der Waals surface area contributed by atoms with Crippen LogP contribution in [0.25, 0.3) is 10.9 Å². The molecule has 0 aliphatic carbocycles. The molecule has 1 fully saturated rings. The van der Waals surface area contributed by atoms with Crippen LogP contribution in [-0.2, 0) is 4.74 Å². The third-order valence-corrected chi connectivity index (χ3v) is 3.88. The zero-order valence-electron chi connectivity index (χ0n) is 11.5. The van der Waals surface area contributed by atoms with Gasteiger partial charge in [-0.25, -0.2) is 0 Å². The average molecular weight is 269 g/mol. The van der Waals surface area contributed by atoms with Crippen LogP contribution in [0, 0.1) is 0 Å². The molecule has 1 aliphatic rings. The van der Waals surface area contributed by atoms with E-state index < -0.39 is 0 Å². The van der Waals surface area contributed by atoms with Gasteiger partial charge in [-0.1, -0.05) is 6.07 Å². The second-order valence-corrected chi connectivity index (χ2v) is 5.36. The van der Waals surface area contributed by atoms with Crippen LogP contribution in [0.1, 0.15) is 42.5 Å². The smallest absolute Gasteiger partial charge is 0.162 e. The van der Waals surface area contributed by atoms with Gasteiger partial charge in [-0.05, 0) is 49.9 Å². The van der Waals surface area contributed by atoms with Gasteiger partial charge >= 0.3 is 0 Å². The van der Waals surface area contributed by atoms with Crippen LogP contribution >= 0.6 is 0 Å². The molecule has 1 aromatic heterocycles. The topological polar surface area (TPSA) is 39.2 Å². The molecule has 0 N–H and O–H groups in total. The summed E-state index contributed by atoms with van der Waals surface area (Å²) in [6.07, 6.45) is 6.97. The monoisotopic (exact) mass is 269 g/mol. The number of aromatic nitrogens is 1. The van der Waals surface area contributed by atoms with Crippen molar-refractivity contribution >= 4 is 16.7 Å². The summed E-state index contributed by atoms with van der Waals surface area (Å²) >= 11 is 0. The maximum atomic E-state index is 12.2. The Hall–Kier alpha value is -1.74. The Balaban J connectivity index is 1.60. The highest BCUT2D eigenvalue weighted by molar-refractivity contribution is 5.99. The van der Waals surface area contributed by atoms with Crippen molar-refractivity contribution in [1.29, 1.82) is 0 Å². The first kappa shape index (κ1) is 13.3. The van der Waals surface area contributed by atoms with E-state index in [9.17, 15) is 4.79 Å². The van der Waals surface area contributed by atoms with Crippen LogP contribution in [0.15, 0.2) is 36.5 Å². The number of hydrogen-bond donors (Lipinski definition) is 0. The predicted molar refractivity (Wildman–Crippen MR) is 78.9 cm³/mol. The van der Waals surface area contributed by atoms with Gasteiger partial charge in [0.1, 0.15) is 0 Å². The molecule has 1 aliphatic heterocycles. The summed E-state index contributed by atoms with van der Waals surface area (Å²) in [4.78, 5) is 16.5. The van der Waals surface area contributed by atoms with Crippen molar-refractivity contribution in [1.82, 2.24) is 4.98 Å². The average Bonchev–Trinajstić information content (AvgIpc) is 3.00. The maximum absolute atomic E-state index is 12.2. The quantitative estimate of drug-likeness (QED) is 0.776. The molecule has 2 aromatic rings. The number of rotatable bonds is 5. The van der Waals surface area contributed by atoms with E-state index >= 15 is 0 Å². The van der Waals surface area contributed by atoms with Crippen molar-refractivity contribution in [2.75, 3.05) is 6.61 Å². The number of pyridine rings is 1. The lowest BCUT2D eigenvalue weighted by Gasteiger charge is -2.08. The number of hydrogen-bond acceptors (Lipinski definition) is 3. The van der Waals surface area contributed by atoms with Crippen molar-refractivity contribution in [2.24, 2.45) is 0 Å². The molecule has 1 aromatic carbocycles. The van der Waals surface area contributed by atoms with Gasteiger partial charge in [-0.2, -0.15) is 0 Å². The van der Waals surface area contributed by atoms with E-state index in [0.29, 0.717) is 12.5 Å². The summed E-state index contributed by atoms with van der Waals surface area (Å²) in [7, 11) is 0. The standard InChI is InChI=1S/C17H19NO2/c19-17(7-1-5-15-6-3-11-20-15)14-8-9-16-13(12-14)4-2-10-18-16/h2,4,8-10,12,15H,1,3,5-7,11H2. The van der Waals surface area contributed by atoms with Crippen LogP contribution in [0.4, 0.5) is 0 Å². The minimum absolute atomic E-state index is 0.216. The summed E-state index contributed by atoms with van der Waals surface area (Å²) < 4.78 is 5.58. The summed E-state index contributed by atoms with van der Waals surface area (Å²) in [5.41, 5.74) is 1.72. The first-order valence-corrected chi connectivity index (χ1v) is 7.32. The van der Waals surface area contributed by atoms with E-state index in [2.05, 4.69) is 4.98 Å². The van der Waals surface area contributed by atoms with Crippen molar-refractivity contribution in [3.05, 3.63) is 42.1 Å². The maximum Gasteiger partial charge on any atom is 0.162 e. The number of benzene rings is 1. The number of nitrogens with zero attached hydrogens (tertiary/aromatic N) is 1. The molecular formula is C17H19NO2. The lowest BCUT2D eigenvalue weighted by molar-refractivity contribution is 0.0923. The first-order chi connectivity index (χ1) is 9.83. The molecule has 0 spiro atoms. The van der Waals surface area contributed by atoms with Crippen LogP contribution in [0.5, 0.6) is 0 Å². The van der Waals surface area contributed by atoms with E-state index in [1.165, 1.54) is 0 Å². The van der Waals surface area contributed by atoms with E-state index in [1.54, 1.807) is 6.20 Å². The van der Waals surface area contributed by atoms with E-state index in [0.717, 1.165) is 48.8 Å². The fourth-order valence-electron chi connectivity index (χ4n) is 2.76. The molecule has 0 saturated carbocycles. The first-order valence-electron chi connectivity index (χ1n) is 7.32. The normalized spacial score (nSPS) is 18.5. The fraction of sp³-hybridized carbons (Fsp3) is 0.412. The summed E-state index contributed by atoms with van der Waals surface area (Å²) in [5.74, 6) is 0.216. The molecule has 3 nitrogen and oxygen atoms in total. The lowest BCUT2D eigenvalue weighted by atomic mass is 10.0. The van der Waals surface area contributed by atoms with Gasteiger partial charge in [-0.15, -0.1) is 0 Å². The number of ether oxygens (including phenoxy) is 1. The molecule has 1 atom stereocenters. The van der Waals surface area contributed by atoms with E-state index in [1.807, 2.05) is 30.3 Å². The third kappa shape index (κ3) is 3.05. The molecule has 3 rings (SSSR count). The van der Waals surface area contributed by atoms with Gasteiger partial charge in [-0.3, -0.25) is 9.78 Å². The Kier molecular flexibility index (Phi) is 4.07. The largest absolute Gasteiger partial charge is 0.378 e. The minimum Gasteiger partial charge on any atom is -0.378 e. The van der Waals surface area contributed by atoms with Crippen LogP contribution in [0.2, 0.25) is 0 Å². The highest BCUT2D eigenvalue weighted by Crippen LogP contribution is 2.19. The van der Waals surface area contributed by atoms with E-state index in [4.69, 9.17) is 4.74 Å². The van der Waals surface area contributed by atoms with Gasteiger partial charge in [0.15, 0.2) is 5.78 Å². The van der Waals surface area contributed by atoms with Crippen LogP contribution in [-0.4, -0.2) is 23.5 Å². The third-order valence-electron chi connectivity index (χ3n) is 3.88. The van der Waals surface area contributed by atoms with Crippen LogP contribution < -0.4 is 0 Å². The Bertz CT molecular complexity index is 603. The van der Waals surface area contributed by atoms with Crippen molar-refractivity contribution < 1.29 is 9.53 Å². The molecule has 0 radical (unpaired) electrons. The number of ketones is 1. The summed E-state index contributed by atoms with van der Waals surface area (Å²) in [6, 6.07) is 9.63. The molecule has 3 heteroatoms. The number of carbonyl (C=O) groups is 1. The SMILES string of the molecule is O=C(CCCC1CCCO1)c1ccc2ncccc2c1. The van der Waals surface area contributed by atoms with E-state index in [-0.39, 0.29) is 5.78 Å². The molecule has 104 valence electrons. The van der Waals surface area contributed by atoms with Crippen molar-refractivity contribution in [2.45, 2.75) is 38.2 Å². The Morgan fingerprint density at radius 2 is 2.30 bits per heavy atom. The zero-order valence-corrected chi connectivity index (χ0v) is 11.5. The molecule has 1 unspecified atom stereocenters. The summed E-state index contributed by atoms with van der Waals surface area (Å²) in [6.45, 7) is 0.885. The Labute approximate surface area is 119 Å². The van der Waals surface area contributed by atoms with Crippen molar-refractivity contribution in [3.8, 4) is 0 Å². The minimum atomic E-state index is 0.216. The van der Waals surface area contributed by atoms with Gasteiger partial charge in [0.2, 0.25) is 0 Å². The zero-order chi connectivity index (χ0) is 13.8. The van der Waals surface area contributed by atoms with Crippen molar-refractivity contribution in [3.63, 3.8) is 0 Å². The molecule has 0 amide bonds. The Morgan fingerprint density at radius 1 is 1.35 bits per heavy atom. The molecular weight excluding hydrogens is 250 g/mol. The molecule has 2 heterocycles. The van der Waals surface area contributed by atoms with Gasteiger partial charge < -0.3 is 4.74 Å². The second kappa shape index (κ2) is 6.14. The predicted octanol–water partition coefficient (Wildman–Crippen LogP) is 3.77. The molecule has 1 saturated heterocycles. The molecule has 0 bridgehead atoms. The number of fused-ring (bicyclic) bond motifs is 1. The van der Waals surface area contributed by atoms with Crippen LogP contribution in [0.3, 0.4) is 0 Å². The van der Waals surface area contributed by atoms with Gasteiger partial charge in [0.25, 0.3) is 0 Å². The fourth-order valence-corrected chi connectivity index (χ4v) is 2.76. The number of Topliss-reactive ketones (excluding diaryl/α,β-unsaturated/α-hetero) is 1. The summed E-state index contributed by atoms with van der Waals surface area (Å²) in [5, 5.41) is 1.03. The number of carbonyl (C=O) groups excluding carboxylic acids is 1. The highest BCUT2D eigenvalue weighted by atomic mass is 16.5.